The van der Waals surface area contributed by atoms with Gasteiger partial charge in [-0.1, -0.05) is 35.5 Å². The topological polar surface area (TPSA) is 68.3 Å². The van der Waals surface area contributed by atoms with E-state index >= 15 is 0 Å². The molecule has 2 aromatic heterocycles. The smallest absolute Gasteiger partial charge is 0.262 e. The number of benzene rings is 2. The van der Waals surface area contributed by atoms with E-state index in [-0.39, 0.29) is 11.5 Å². The first-order valence-electron chi connectivity index (χ1n) is 10.8. The molecular formula is C25H22ClN3O3S. The summed E-state index contributed by atoms with van der Waals surface area (Å²) in [7, 11) is 0. The lowest BCUT2D eigenvalue weighted by Crippen LogP contribution is -2.27. The van der Waals surface area contributed by atoms with Gasteiger partial charge in [0.1, 0.15) is 5.76 Å². The normalized spacial score (nSPS) is 13.7. The van der Waals surface area contributed by atoms with Crippen molar-refractivity contribution in [2.45, 2.75) is 30.3 Å². The molecule has 0 spiro atoms. The molecule has 1 amide bonds. The second-order valence-electron chi connectivity index (χ2n) is 8.01. The van der Waals surface area contributed by atoms with E-state index in [0.29, 0.717) is 44.7 Å². The number of hydrogen-bond acceptors (Lipinski definition) is 5. The Morgan fingerprint density at radius 1 is 1.09 bits per heavy atom. The monoisotopic (exact) mass is 479 g/mol. The number of thioether (sulfide) groups is 1. The van der Waals surface area contributed by atoms with Gasteiger partial charge in [-0.05, 0) is 60.9 Å². The van der Waals surface area contributed by atoms with Crippen molar-refractivity contribution in [1.29, 1.82) is 0 Å². The van der Waals surface area contributed by atoms with E-state index in [0.717, 1.165) is 31.5 Å². The number of carbonyl (C=O) groups is 1. The molecule has 168 valence electrons. The number of amides is 1. The van der Waals surface area contributed by atoms with Crippen LogP contribution in [0.15, 0.2) is 75.2 Å². The molecule has 8 heteroatoms. The molecule has 1 aliphatic rings. The fourth-order valence-electron chi connectivity index (χ4n) is 3.98. The van der Waals surface area contributed by atoms with Crippen LogP contribution in [0.3, 0.4) is 0 Å². The summed E-state index contributed by atoms with van der Waals surface area (Å²) in [6, 6.07) is 16.4. The standard InChI is InChI=1S/C25H22ClN3O3S/c26-19-9-10-21-22(14-19)27-25(29(24(21)31)15-20-4-3-13-32-20)33-16-17-5-7-18(8-6-17)23(30)28-11-1-2-12-28/h3-10,13-14H,1-2,11-12,15-16H2. The highest BCUT2D eigenvalue weighted by Gasteiger charge is 2.19. The highest BCUT2D eigenvalue weighted by molar-refractivity contribution is 7.98. The molecular weight excluding hydrogens is 458 g/mol. The summed E-state index contributed by atoms with van der Waals surface area (Å²) >= 11 is 7.61. The van der Waals surface area contributed by atoms with Gasteiger partial charge in [-0.15, -0.1) is 0 Å². The highest BCUT2D eigenvalue weighted by Crippen LogP contribution is 2.25. The average Bonchev–Trinajstić information content (AvgIpc) is 3.54. The summed E-state index contributed by atoms with van der Waals surface area (Å²) in [5.74, 6) is 1.38. The minimum absolute atomic E-state index is 0.0899. The highest BCUT2D eigenvalue weighted by atomic mass is 35.5. The van der Waals surface area contributed by atoms with E-state index in [2.05, 4.69) is 0 Å². The molecule has 0 bridgehead atoms. The molecule has 3 heterocycles. The quantitative estimate of drug-likeness (QED) is 0.280. The minimum atomic E-state index is -0.137. The number of hydrogen-bond donors (Lipinski definition) is 0. The molecule has 4 aromatic rings. The molecule has 0 N–H and O–H groups in total. The van der Waals surface area contributed by atoms with Crippen LogP contribution in [0.5, 0.6) is 0 Å². The molecule has 1 aliphatic heterocycles. The van der Waals surface area contributed by atoms with Gasteiger partial charge in [0, 0.05) is 29.4 Å². The predicted molar refractivity (Wildman–Crippen MR) is 130 cm³/mol. The maximum Gasteiger partial charge on any atom is 0.262 e. The third-order valence-corrected chi connectivity index (χ3v) is 7.02. The number of likely N-dealkylation sites (tertiary alicyclic amines) is 1. The average molecular weight is 480 g/mol. The Balaban J connectivity index is 1.40. The van der Waals surface area contributed by atoms with Crippen LogP contribution >= 0.6 is 23.4 Å². The Morgan fingerprint density at radius 3 is 2.61 bits per heavy atom. The number of carbonyl (C=O) groups excluding carboxylic acids is 1. The fourth-order valence-corrected chi connectivity index (χ4v) is 5.10. The van der Waals surface area contributed by atoms with Crippen molar-refractivity contribution in [3.8, 4) is 0 Å². The Bertz CT molecular complexity index is 1340. The van der Waals surface area contributed by atoms with Crippen LogP contribution in [0.4, 0.5) is 0 Å². The predicted octanol–water partition coefficient (Wildman–Crippen LogP) is 5.22. The lowest BCUT2D eigenvalue weighted by Gasteiger charge is -2.15. The van der Waals surface area contributed by atoms with Gasteiger partial charge >= 0.3 is 0 Å². The molecule has 0 saturated carbocycles. The Labute approximate surface area is 200 Å². The van der Waals surface area contributed by atoms with E-state index in [1.54, 1.807) is 35.1 Å². The van der Waals surface area contributed by atoms with Crippen molar-refractivity contribution in [2.24, 2.45) is 0 Å². The largest absolute Gasteiger partial charge is 0.467 e. The van der Waals surface area contributed by atoms with Crippen molar-refractivity contribution >= 4 is 40.2 Å². The van der Waals surface area contributed by atoms with Crippen molar-refractivity contribution in [3.63, 3.8) is 0 Å². The first-order chi connectivity index (χ1) is 16.1. The van der Waals surface area contributed by atoms with Crippen LogP contribution in [0, 0.1) is 0 Å². The zero-order chi connectivity index (χ0) is 22.8. The number of halogens is 1. The molecule has 33 heavy (non-hydrogen) atoms. The van der Waals surface area contributed by atoms with E-state index in [1.807, 2.05) is 35.2 Å². The summed E-state index contributed by atoms with van der Waals surface area (Å²) < 4.78 is 7.10. The molecule has 5 rings (SSSR count). The Hall–Kier alpha value is -3.03. The van der Waals surface area contributed by atoms with Crippen LogP contribution in [0.25, 0.3) is 10.9 Å². The third-order valence-electron chi connectivity index (χ3n) is 5.74. The second-order valence-corrected chi connectivity index (χ2v) is 9.39. The second kappa shape index (κ2) is 9.45. The molecule has 1 saturated heterocycles. The molecule has 0 atom stereocenters. The molecule has 6 nitrogen and oxygen atoms in total. The van der Waals surface area contributed by atoms with Gasteiger partial charge in [0.2, 0.25) is 0 Å². The molecule has 0 aliphatic carbocycles. The van der Waals surface area contributed by atoms with Crippen molar-refractivity contribution < 1.29 is 9.21 Å². The van der Waals surface area contributed by atoms with Gasteiger partial charge in [0.25, 0.3) is 11.5 Å². The van der Waals surface area contributed by atoms with Crippen LogP contribution in [0.1, 0.15) is 34.5 Å². The summed E-state index contributed by atoms with van der Waals surface area (Å²) in [6.45, 7) is 1.96. The number of aromatic nitrogens is 2. The summed E-state index contributed by atoms with van der Waals surface area (Å²) in [5.41, 5.74) is 2.18. The van der Waals surface area contributed by atoms with Crippen molar-refractivity contribution in [1.82, 2.24) is 14.5 Å². The van der Waals surface area contributed by atoms with Crippen LogP contribution in [-0.2, 0) is 12.3 Å². The van der Waals surface area contributed by atoms with E-state index in [4.69, 9.17) is 21.0 Å². The van der Waals surface area contributed by atoms with E-state index in [1.165, 1.54) is 11.8 Å². The first-order valence-corrected chi connectivity index (χ1v) is 12.2. The lowest BCUT2D eigenvalue weighted by molar-refractivity contribution is 0.0793. The molecule has 0 radical (unpaired) electrons. The van der Waals surface area contributed by atoms with Gasteiger partial charge in [0.15, 0.2) is 5.16 Å². The fraction of sp³-hybridized carbons (Fsp3) is 0.240. The van der Waals surface area contributed by atoms with E-state index < -0.39 is 0 Å². The lowest BCUT2D eigenvalue weighted by atomic mass is 10.1. The van der Waals surface area contributed by atoms with Gasteiger partial charge in [-0.3, -0.25) is 14.2 Å². The Kier molecular flexibility index (Phi) is 6.24. The molecule has 0 unspecified atom stereocenters. The zero-order valence-electron chi connectivity index (χ0n) is 17.9. The third kappa shape index (κ3) is 4.70. The maximum atomic E-state index is 13.2. The summed E-state index contributed by atoms with van der Waals surface area (Å²) in [4.78, 5) is 32.4. The van der Waals surface area contributed by atoms with Crippen LogP contribution in [-0.4, -0.2) is 33.4 Å². The SMILES string of the molecule is O=C(c1ccc(CSc2nc3cc(Cl)ccc3c(=O)n2Cc2ccco2)cc1)N1CCCC1. The molecule has 1 fully saturated rings. The summed E-state index contributed by atoms with van der Waals surface area (Å²) in [5, 5.41) is 1.64. The number of rotatable bonds is 6. The number of nitrogens with zero attached hydrogens (tertiary/aromatic N) is 3. The minimum Gasteiger partial charge on any atom is -0.467 e. The number of fused-ring (bicyclic) bond motifs is 1. The van der Waals surface area contributed by atoms with Gasteiger partial charge in [0.05, 0.1) is 23.7 Å². The summed E-state index contributed by atoms with van der Waals surface area (Å²) in [6.07, 6.45) is 3.74. The zero-order valence-corrected chi connectivity index (χ0v) is 19.4. The van der Waals surface area contributed by atoms with Gasteiger partial charge < -0.3 is 9.32 Å². The van der Waals surface area contributed by atoms with Crippen LogP contribution in [0.2, 0.25) is 5.02 Å². The van der Waals surface area contributed by atoms with Gasteiger partial charge in [-0.25, -0.2) is 4.98 Å². The maximum absolute atomic E-state index is 13.2. The van der Waals surface area contributed by atoms with Crippen molar-refractivity contribution in [2.75, 3.05) is 13.1 Å². The van der Waals surface area contributed by atoms with E-state index in [9.17, 15) is 9.59 Å². The van der Waals surface area contributed by atoms with Crippen LogP contribution < -0.4 is 5.56 Å². The first kappa shape index (κ1) is 21.8. The molecule has 2 aromatic carbocycles. The number of furan rings is 1. The van der Waals surface area contributed by atoms with Crippen molar-refractivity contribution in [3.05, 3.63) is 93.1 Å². The Morgan fingerprint density at radius 2 is 1.88 bits per heavy atom. The van der Waals surface area contributed by atoms with Gasteiger partial charge in [-0.2, -0.15) is 0 Å².